The molecule has 1 aromatic carbocycles. The van der Waals surface area contributed by atoms with Gasteiger partial charge in [0.25, 0.3) is 5.91 Å². The first kappa shape index (κ1) is 13.1. The van der Waals surface area contributed by atoms with Crippen molar-refractivity contribution in [1.29, 1.82) is 0 Å². The lowest BCUT2D eigenvalue weighted by Crippen LogP contribution is -2.28. The first-order chi connectivity index (χ1) is 9.06. The minimum Gasteiger partial charge on any atom is -0.461 e. The van der Waals surface area contributed by atoms with Crippen LogP contribution in [0.25, 0.3) is 0 Å². The largest absolute Gasteiger partial charge is 0.461 e. The summed E-state index contributed by atoms with van der Waals surface area (Å²) in [5.74, 6) is -1.67. The van der Waals surface area contributed by atoms with Crippen LogP contribution in [0.1, 0.15) is 18.4 Å². The molecule has 0 fully saturated rings. The normalized spacial score (nSPS) is 18.4. The van der Waals surface area contributed by atoms with Crippen LogP contribution in [-0.2, 0) is 14.3 Å². The van der Waals surface area contributed by atoms with Crippen molar-refractivity contribution >= 4 is 23.3 Å². The molecule has 19 heavy (non-hydrogen) atoms. The molecular formula is C13H15N3O3. The molecule has 0 saturated heterocycles. The maximum atomic E-state index is 12.1. The van der Waals surface area contributed by atoms with Gasteiger partial charge in [-0.15, -0.1) is 0 Å². The predicted molar refractivity (Wildman–Crippen MR) is 70.4 cm³/mol. The number of nitrogens with two attached hydrogens (primary N) is 1. The molecule has 1 aliphatic heterocycles. The number of nitrogens with zero attached hydrogens (tertiary/aromatic N) is 2. The van der Waals surface area contributed by atoms with E-state index in [1.54, 1.807) is 31.2 Å². The molecule has 0 aliphatic carbocycles. The van der Waals surface area contributed by atoms with E-state index in [0.717, 1.165) is 5.01 Å². The lowest BCUT2D eigenvalue weighted by Gasteiger charge is -2.13. The number of rotatable bonds is 3. The Morgan fingerprint density at radius 2 is 2.16 bits per heavy atom. The van der Waals surface area contributed by atoms with Crippen LogP contribution < -0.4 is 5.73 Å². The van der Waals surface area contributed by atoms with Gasteiger partial charge in [0.05, 0.1) is 6.61 Å². The van der Waals surface area contributed by atoms with E-state index in [2.05, 4.69) is 5.10 Å². The summed E-state index contributed by atoms with van der Waals surface area (Å²) in [6, 6.07) is 6.93. The van der Waals surface area contributed by atoms with Crippen molar-refractivity contribution in [2.24, 2.45) is 5.10 Å². The number of para-hydroxylation sites is 1. The van der Waals surface area contributed by atoms with Crippen molar-refractivity contribution < 1.29 is 14.3 Å². The highest BCUT2D eigenvalue weighted by atomic mass is 16.5. The fourth-order valence-electron chi connectivity index (χ4n) is 1.99. The second-order valence-corrected chi connectivity index (χ2v) is 4.13. The summed E-state index contributed by atoms with van der Waals surface area (Å²) >= 11 is 0. The summed E-state index contributed by atoms with van der Waals surface area (Å²) < 4.78 is 4.92. The Labute approximate surface area is 110 Å². The molecule has 0 saturated carbocycles. The molecule has 100 valence electrons. The molecule has 1 aromatic rings. The molecule has 1 heterocycles. The fraction of sp³-hybridized carbons (Fsp3) is 0.308. The van der Waals surface area contributed by atoms with Crippen molar-refractivity contribution in [2.45, 2.75) is 12.8 Å². The molecule has 6 heteroatoms. The number of hydrazone groups is 1. The third kappa shape index (κ3) is 2.29. The van der Waals surface area contributed by atoms with Crippen LogP contribution in [0.3, 0.4) is 0 Å². The van der Waals surface area contributed by atoms with Crippen LogP contribution in [-0.4, -0.2) is 36.3 Å². The van der Waals surface area contributed by atoms with Crippen LogP contribution in [0.5, 0.6) is 0 Å². The van der Waals surface area contributed by atoms with E-state index in [-0.39, 0.29) is 18.2 Å². The Hall–Kier alpha value is -2.37. The van der Waals surface area contributed by atoms with Crippen LogP contribution in [0.2, 0.25) is 0 Å². The summed E-state index contributed by atoms with van der Waals surface area (Å²) in [5, 5.41) is 5.10. The van der Waals surface area contributed by atoms with Gasteiger partial charge in [-0.25, -0.2) is 9.80 Å². The standard InChI is InChI=1S/C13H15N3O3/c1-3-19-13(18)11-10(12(17)16(2)15-11)8-6-4-5-7-9(8)14/h4-7,10H,3,14H2,1-2H3. The Bertz CT molecular complexity index is 554. The molecule has 1 atom stereocenters. The Balaban J connectivity index is 2.42. The maximum absolute atomic E-state index is 12.1. The molecule has 0 spiro atoms. The molecular weight excluding hydrogens is 246 g/mol. The monoisotopic (exact) mass is 261 g/mol. The Kier molecular flexibility index (Phi) is 3.50. The van der Waals surface area contributed by atoms with E-state index in [0.29, 0.717) is 11.3 Å². The van der Waals surface area contributed by atoms with Crippen molar-refractivity contribution in [3.05, 3.63) is 29.8 Å². The van der Waals surface area contributed by atoms with Crippen molar-refractivity contribution in [2.75, 3.05) is 19.4 Å². The Morgan fingerprint density at radius 3 is 2.79 bits per heavy atom. The molecule has 0 bridgehead atoms. The van der Waals surface area contributed by atoms with Crippen LogP contribution in [0, 0.1) is 0 Å². The van der Waals surface area contributed by atoms with E-state index in [4.69, 9.17) is 10.5 Å². The number of amides is 1. The summed E-state index contributed by atoms with van der Waals surface area (Å²) in [6.45, 7) is 1.93. The zero-order valence-corrected chi connectivity index (χ0v) is 10.8. The maximum Gasteiger partial charge on any atom is 0.355 e. The zero-order valence-electron chi connectivity index (χ0n) is 10.8. The van der Waals surface area contributed by atoms with E-state index >= 15 is 0 Å². The third-order valence-electron chi connectivity index (χ3n) is 2.89. The van der Waals surface area contributed by atoms with E-state index in [1.807, 2.05) is 0 Å². The highest BCUT2D eigenvalue weighted by Crippen LogP contribution is 2.30. The number of benzene rings is 1. The molecule has 0 aromatic heterocycles. The molecule has 2 N–H and O–H groups in total. The van der Waals surface area contributed by atoms with Crippen LogP contribution >= 0.6 is 0 Å². The van der Waals surface area contributed by atoms with Gasteiger partial charge in [0.15, 0.2) is 5.71 Å². The quantitative estimate of drug-likeness (QED) is 0.642. The van der Waals surface area contributed by atoms with Gasteiger partial charge in [-0.3, -0.25) is 4.79 Å². The first-order valence-electron chi connectivity index (χ1n) is 5.93. The van der Waals surface area contributed by atoms with E-state index in [9.17, 15) is 9.59 Å². The van der Waals surface area contributed by atoms with Gasteiger partial charge in [-0.05, 0) is 18.6 Å². The lowest BCUT2D eigenvalue weighted by atomic mass is 9.92. The minimum absolute atomic E-state index is 0.0762. The summed E-state index contributed by atoms with van der Waals surface area (Å²) in [4.78, 5) is 24.0. The van der Waals surface area contributed by atoms with Crippen LogP contribution in [0.4, 0.5) is 5.69 Å². The van der Waals surface area contributed by atoms with Crippen LogP contribution in [0.15, 0.2) is 29.4 Å². The van der Waals surface area contributed by atoms with Gasteiger partial charge in [0.2, 0.25) is 0 Å². The summed E-state index contributed by atoms with van der Waals surface area (Å²) in [5.41, 5.74) is 6.97. The smallest absolute Gasteiger partial charge is 0.355 e. The molecule has 1 unspecified atom stereocenters. The molecule has 2 rings (SSSR count). The molecule has 6 nitrogen and oxygen atoms in total. The fourth-order valence-corrected chi connectivity index (χ4v) is 1.99. The number of hydrogen-bond acceptors (Lipinski definition) is 5. The third-order valence-corrected chi connectivity index (χ3v) is 2.89. The number of nitrogen functional groups attached to an aromatic ring is 1. The number of esters is 1. The lowest BCUT2D eigenvalue weighted by molar-refractivity contribution is -0.135. The molecule has 1 amide bonds. The number of carbonyl (C=O) groups is 2. The molecule has 1 aliphatic rings. The number of anilines is 1. The van der Waals surface area contributed by atoms with Gasteiger partial charge in [-0.1, -0.05) is 18.2 Å². The number of ether oxygens (including phenoxy) is 1. The SMILES string of the molecule is CCOC(=O)C1=NN(C)C(=O)C1c1ccccc1N. The predicted octanol–water partition coefficient (Wildman–Crippen LogP) is 0.743. The average Bonchev–Trinajstić information content (AvgIpc) is 2.67. The molecule has 0 radical (unpaired) electrons. The van der Waals surface area contributed by atoms with Crippen molar-refractivity contribution in [1.82, 2.24) is 5.01 Å². The van der Waals surface area contributed by atoms with Gasteiger partial charge in [0.1, 0.15) is 5.92 Å². The van der Waals surface area contributed by atoms with E-state index in [1.165, 1.54) is 7.05 Å². The van der Waals surface area contributed by atoms with Gasteiger partial charge >= 0.3 is 5.97 Å². The summed E-state index contributed by atoms with van der Waals surface area (Å²) in [6.07, 6.45) is 0. The van der Waals surface area contributed by atoms with Crippen molar-refractivity contribution in [3.8, 4) is 0 Å². The second-order valence-electron chi connectivity index (χ2n) is 4.13. The average molecular weight is 261 g/mol. The zero-order chi connectivity index (χ0) is 14.0. The van der Waals surface area contributed by atoms with Gasteiger partial charge < -0.3 is 10.5 Å². The van der Waals surface area contributed by atoms with Gasteiger partial charge in [-0.2, -0.15) is 5.10 Å². The summed E-state index contributed by atoms with van der Waals surface area (Å²) in [7, 11) is 1.50. The number of carbonyl (C=O) groups excluding carboxylic acids is 2. The van der Waals surface area contributed by atoms with Gasteiger partial charge in [0, 0.05) is 12.7 Å². The highest BCUT2D eigenvalue weighted by Gasteiger charge is 2.40. The van der Waals surface area contributed by atoms with E-state index < -0.39 is 11.9 Å². The second kappa shape index (κ2) is 5.09. The number of hydrogen-bond donors (Lipinski definition) is 1. The first-order valence-corrected chi connectivity index (χ1v) is 5.93. The van der Waals surface area contributed by atoms with Crippen molar-refractivity contribution in [3.63, 3.8) is 0 Å². The highest BCUT2D eigenvalue weighted by molar-refractivity contribution is 6.44. The minimum atomic E-state index is -0.787. The Morgan fingerprint density at radius 1 is 1.47 bits per heavy atom. The number of likely N-dealkylation sites (N-methyl/N-ethyl adjacent to an activating group) is 1. The topological polar surface area (TPSA) is 85.0 Å².